The number of hydrogen-bond acceptors (Lipinski definition) is 6. The van der Waals surface area contributed by atoms with Crippen LogP contribution in [-0.4, -0.2) is 33.3 Å². The maximum absolute atomic E-state index is 12.6. The summed E-state index contributed by atoms with van der Waals surface area (Å²) in [6.07, 6.45) is 3.69. The molecule has 1 unspecified atom stereocenters. The molecule has 1 fully saturated rings. The first-order valence-electron chi connectivity index (χ1n) is 12.9. The minimum absolute atomic E-state index is 0.0728. The van der Waals surface area contributed by atoms with E-state index in [1.54, 1.807) is 19.2 Å². The minimum Gasteiger partial charge on any atom is -0.496 e. The lowest BCUT2D eigenvalue weighted by Crippen LogP contribution is -2.26. The second-order valence-corrected chi connectivity index (χ2v) is 11.7. The van der Waals surface area contributed by atoms with Crippen LogP contribution < -0.4 is 9.47 Å². The van der Waals surface area contributed by atoms with E-state index in [0.29, 0.717) is 18.4 Å². The zero-order valence-corrected chi connectivity index (χ0v) is 22.2. The van der Waals surface area contributed by atoms with Crippen molar-refractivity contribution in [2.24, 2.45) is 0 Å². The third kappa shape index (κ3) is 5.54. The Bertz CT molecular complexity index is 1330. The Kier molecular flexibility index (Phi) is 7.56. The first-order valence-corrected chi connectivity index (χ1v) is 14.3. The molecular weight excluding hydrogens is 488 g/mol. The topological polar surface area (TPSA) is 82.1 Å². The van der Waals surface area contributed by atoms with E-state index < -0.39 is 16.2 Å². The number of benzene rings is 3. The molecule has 37 heavy (non-hydrogen) atoms. The van der Waals surface area contributed by atoms with Gasteiger partial charge in [0.15, 0.2) is 0 Å². The zero-order chi connectivity index (χ0) is 26.0. The van der Waals surface area contributed by atoms with Crippen LogP contribution in [-0.2, 0) is 27.3 Å². The molecule has 7 heteroatoms. The van der Waals surface area contributed by atoms with E-state index in [-0.39, 0.29) is 17.9 Å². The third-order valence-corrected chi connectivity index (χ3v) is 8.86. The molecule has 1 atom stereocenters. The van der Waals surface area contributed by atoms with Crippen LogP contribution in [0.15, 0.2) is 65.6 Å². The van der Waals surface area contributed by atoms with E-state index in [9.17, 15) is 13.5 Å². The summed E-state index contributed by atoms with van der Waals surface area (Å²) in [5.74, 6) is 2.48. The molecule has 1 N–H and O–H groups in total. The van der Waals surface area contributed by atoms with Crippen molar-refractivity contribution in [2.75, 3.05) is 13.7 Å². The largest absolute Gasteiger partial charge is 0.496 e. The van der Waals surface area contributed by atoms with Crippen LogP contribution in [0.1, 0.15) is 65.3 Å². The third-order valence-electron chi connectivity index (χ3n) is 7.57. The van der Waals surface area contributed by atoms with Gasteiger partial charge in [0.25, 0.3) is 10.1 Å². The maximum Gasteiger partial charge on any atom is 0.297 e. The molecule has 0 amide bonds. The zero-order valence-electron chi connectivity index (χ0n) is 21.4. The molecule has 0 aliphatic heterocycles. The van der Waals surface area contributed by atoms with Gasteiger partial charge in [-0.05, 0) is 68.2 Å². The smallest absolute Gasteiger partial charge is 0.297 e. The summed E-state index contributed by atoms with van der Waals surface area (Å²) < 4.78 is 42.8. The molecule has 0 aromatic heterocycles. The van der Waals surface area contributed by atoms with Crippen LogP contribution in [0.3, 0.4) is 0 Å². The number of ether oxygens (including phenoxy) is 2. The Labute approximate surface area is 219 Å². The number of aliphatic hydroxyl groups is 1. The van der Waals surface area contributed by atoms with Crippen LogP contribution in [0, 0.1) is 6.92 Å². The molecule has 196 valence electrons. The van der Waals surface area contributed by atoms with Gasteiger partial charge in [0.05, 0.1) is 24.7 Å². The summed E-state index contributed by atoms with van der Waals surface area (Å²) in [7, 11) is -2.29. The van der Waals surface area contributed by atoms with Gasteiger partial charge in [-0.3, -0.25) is 4.18 Å². The average Bonchev–Trinajstić information content (AvgIpc) is 2.92. The van der Waals surface area contributed by atoms with Gasteiger partial charge < -0.3 is 14.6 Å². The van der Waals surface area contributed by atoms with Gasteiger partial charge in [-0.25, -0.2) is 0 Å². The molecular formula is C30H34O6S. The Morgan fingerprint density at radius 2 is 1.59 bits per heavy atom. The van der Waals surface area contributed by atoms with Crippen molar-refractivity contribution < 1.29 is 27.2 Å². The van der Waals surface area contributed by atoms with Crippen molar-refractivity contribution in [3.63, 3.8) is 0 Å². The summed E-state index contributed by atoms with van der Waals surface area (Å²) in [6.45, 7) is 1.95. The van der Waals surface area contributed by atoms with Gasteiger partial charge in [0.1, 0.15) is 18.1 Å². The molecule has 6 nitrogen and oxygen atoms in total. The van der Waals surface area contributed by atoms with Crippen molar-refractivity contribution in [1.82, 2.24) is 0 Å². The maximum atomic E-state index is 12.6. The molecule has 0 spiro atoms. The van der Waals surface area contributed by atoms with Crippen molar-refractivity contribution >= 4 is 10.1 Å². The molecule has 1 saturated carbocycles. The van der Waals surface area contributed by atoms with Crippen LogP contribution in [0.2, 0.25) is 0 Å². The molecule has 0 heterocycles. The highest BCUT2D eigenvalue weighted by Gasteiger charge is 2.39. The molecule has 0 radical (unpaired) electrons. The second kappa shape index (κ2) is 10.9. The van der Waals surface area contributed by atoms with E-state index in [0.717, 1.165) is 53.9 Å². The normalized spacial score (nSPS) is 19.3. The molecule has 2 bridgehead atoms. The molecule has 3 aromatic carbocycles. The van der Waals surface area contributed by atoms with Crippen LogP contribution >= 0.6 is 0 Å². The Morgan fingerprint density at radius 3 is 2.24 bits per heavy atom. The summed E-state index contributed by atoms with van der Waals surface area (Å²) in [4.78, 5) is 0.0728. The van der Waals surface area contributed by atoms with E-state index in [1.807, 2.05) is 43.3 Å². The van der Waals surface area contributed by atoms with Gasteiger partial charge in [0.2, 0.25) is 0 Å². The highest BCUT2D eigenvalue weighted by molar-refractivity contribution is 7.86. The number of hydrogen-bond donors (Lipinski definition) is 1. The summed E-state index contributed by atoms with van der Waals surface area (Å²) >= 11 is 0. The lowest BCUT2D eigenvalue weighted by molar-refractivity contribution is 0.109. The van der Waals surface area contributed by atoms with Crippen molar-refractivity contribution in [3.05, 3.63) is 88.5 Å². The lowest BCUT2D eigenvalue weighted by Gasteiger charge is -2.40. The predicted molar refractivity (Wildman–Crippen MR) is 142 cm³/mol. The molecule has 0 saturated heterocycles. The SMILES string of the molecule is COc1cc(CC(O)COS(=O)(=O)c2ccc(C)cc2)c(OCc2ccccc2)c2c1C1CCC2CC1. The Hall–Kier alpha value is -2.87. The molecule has 3 aromatic rings. The van der Waals surface area contributed by atoms with E-state index in [1.165, 1.54) is 23.3 Å². The van der Waals surface area contributed by atoms with E-state index in [2.05, 4.69) is 0 Å². The van der Waals surface area contributed by atoms with Gasteiger partial charge in [-0.2, -0.15) is 8.42 Å². The first kappa shape index (κ1) is 25.8. The minimum atomic E-state index is -3.97. The van der Waals surface area contributed by atoms with Gasteiger partial charge in [0, 0.05) is 23.1 Å². The fraction of sp³-hybridized carbons (Fsp3) is 0.400. The van der Waals surface area contributed by atoms with E-state index >= 15 is 0 Å². The Morgan fingerprint density at radius 1 is 0.946 bits per heavy atom. The summed E-state index contributed by atoms with van der Waals surface area (Å²) in [6, 6.07) is 18.4. The molecule has 6 rings (SSSR count). The fourth-order valence-electron chi connectivity index (χ4n) is 5.70. The average molecular weight is 523 g/mol. The molecule has 3 aliphatic rings. The quantitative estimate of drug-likeness (QED) is 0.347. The number of aliphatic hydroxyl groups excluding tert-OH is 1. The highest BCUT2D eigenvalue weighted by atomic mass is 32.2. The van der Waals surface area contributed by atoms with Gasteiger partial charge in [-0.15, -0.1) is 0 Å². The van der Waals surface area contributed by atoms with Crippen LogP contribution in [0.4, 0.5) is 0 Å². The fourth-order valence-corrected chi connectivity index (χ4v) is 6.64. The van der Waals surface area contributed by atoms with Crippen molar-refractivity contribution in [3.8, 4) is 11.5 Å². The van der Waals surface area contributed by atoms with Crippen molar-refractivity contribution in [2.45, 2.75) is 68.5 Å². The summed E-state index contributed by atoms with van der Waals surface area (Å²) in [5.41, 5.74) is 5.27. The highest BCUT2D eigenvalue weighted by Crippen LogP contribution is 2.56. The second-order valence-electron chi connectivity index (χ2n) is 10.1. The number of methoxy groups -OCH3 is 1. The van der Waals surface area contributed by atoms with Crippen molar-refractivity contribution in [1.29, 1.82) is 0 Å². The molecule has 3 aliphatic carbocycles. The van der Waals surface area contributed by atoms with E-state index in [4.69, 9.17) is 13.7 Å². The Balaban J connectivity index is 1.41. The van der Waals surface area contributed by atoms with Gasteiger partial charge in [-0.1, -0.05) is 48.0 Å². The monoisotopic (exact) mass is 522 g/mol. The number of fused-ring (bicyclic) bond motifs is 2. The lowest BCUT2D eigenvalue weighted by atomic mass is 9.66. The number of rotatable bonds is 10. The standard InChI is InChI=1S/C30H34O6S/c1-20-8-14-26(15-9-20)37(32,33)36-19-25(31)16-24-17-27(34-2)28-22-10-12-23(13-11-22)29(28)30(24)35-18-21-6-4-3-5-7-21/h3-9,14-15,17,22-23,25,31H,10-13,16,18-19H2,1-2H3. The number of aryl methyl sites for hydroxylation is 1. The van der Waals surface area contributed by atoms with Crippen LogP contribution in [0.5, 0.6) is 11.5 Å². The predicted octanol–water partition coefficient (Wildman–Crippen LogP) is 5.65. The first-order chi connectivity index (χ1) is 17.9. The summed E-state index contributed by atoms with van der Waals surface area (Å²) in [5, 5.41) is 10.9. The van der Waals surface area contributed by atoms with Gasteiger partial charge >= 0.3 is 0 Å². The van der Waals surface area contributed by atoms with Crippen LogP contribution in [0.25, 0.3) is 0 Å².